The summed E-state index contributed by atoms with van der Waals surface area (Å²) in [5.74, 6) is -1.39. The third-order valence-electron chi connectivity index (χ3n) is 18.2. The molecule has 20 atom stereocenters. The fraction of sp³-hybridized carbons (Fsp3) is 0.986. The molecule has 0 bridgehead atoms. The highest BCUT2D eigenvalue weighted by Crippen LogP contribution is 2.47. The fourth-order valence-corrected chi connectivity index (χ4v) is 14.7. The first kappa shape index (κ1) is 106. The van der Waals surface area contributed by atoms with Crippen molar-refractivity contribution in [3.05, 3.63) is 0 Å². The van der Waals surface area contributed by atoms with E-state index in [1.807, 2.05) is 0 Å². The third-order valence-corrected chi connectivity index (χ3v) is 22.3. The standard InChI is InChI=1S/C69H137NO39P4/c1-51(2)23-40-90-24-18-25-91-45-55(41-71)46-92-26-19-36-105-113(88,89)106-50-69(47-93-27-20-37-102-110(82,83)99-33-15-9-6-12-30-96-66-52(3)60(76)62(78)56(42-72)107-66,48-94-28-21-38-103-111(84,85)100-34-16-10-7-13-31-97-67-53(4)61(77)63(79)57(43-73)108-67)49-95-29-22-39-104-112(86,87)101-35-17-11-8-14-32-98-68-59(70-54(5)75)65(81)64(80)58(44-74)109-68/h51-53,55-68,71-74,76-81H,6-50H2,1-5H3,(H,70,75)(H,82,83)(H,84,85)(H,86,87)(H,88,89)/t52-,53-,55?,56?,57?,58?,59-,60?,61?,62-,63-,64-,65?,66+,67+,68+,69?/m0/s1. The summed E-state index contributed by atoms with van der Waals surface area (Å²) in [4.78, 5) is 54.2. The summed E-state index contributed by atoms with van der Waals surface area (Å²) < 4.78 is 163. The van der Waals surface area contributed by atoms with Gasteiger partial charge in [-0.3, -0.25) is 41.0 Å². The number of ether oxygens (including phenoxy) is 12. The van der Waals surface area contributed by atoms with Crippen LogP contribution in [0.1, 0.15) is 150 Å². The zero-order valence-electron chi connectivity index (χ0n) is 66.4. The average Bonchev–Trinajstić information content (AvgIpc) is 0.825. The quantitative estimate of drug-likeness (QED) is 0.0307. The van der Waals surface area contributed by atoms with E-state index < -0.39 is 161 Å². The Labute approximate surface area is 664 Å². The van der Waals surface area contributed by atoms with E-state index in [0.717, 1.165) is 6.42 Å². The fourth-order valence-electron chi connectivity index (χ4n) is 11.4. The molecule has 0 aromatic rings. The number of hydrogen-bond acceptors (Lipinski definition) is 35. The lowest BCUT2D eigenvalue weighted by Crippen LogP contribution is -2.64. The van der Waals surface area contributed by atoms with Crippen molar-refractivity contribution in [1.29, 1.82) is 0 Å². The lowest BCUT2D eigenvalue weighted by Gasteiger charge is -2.42. The summed E-state index contributed by atoms with van der Waals surface area (Å²) in [6.07, 6.45) is -5.57. The second-order valence-electron chi connectivity index (χ2n) is 28.8. The summed E-state index contributed by atoms with van der Waals surface area (Å²) in [6.45, 7) is 5.94. The number of unbranched alkanes of at least 4 members (excludes halogenated alkanes) is 9. The molecule has 40 nitrogen and oxygen atoms in total. The number of phosphoric ester groups is 4. The first-order valence-corrected chi connectivity index (χ1v) is 45.4. The molecule has 0 aliphatic carbocycles. The van der Waals surface area contributed by atoms with Crippen LogP contribution in [0.4, 0.5) is 0 Å². The van der Waals surface area contributed by atoms with Crippen LogP contribution in [0.15, 0.2) is 0 Å². The Morgan fingerprint density at radius 1 is 0.372 bits per heavy atom. The Morgan fingerprint density at radius 2 is 0.673 bits per heavy atom. The number of aliphatic hydroxyl groups is 10. The molecule has 0 radical (unpaired) electrons. The van der Waals surface area contributed by atoms with Gasteiger partial charge in [-0.2, -0.15) is 0 Å². The van der Waals surface area contributed by atoms with Crippen LogP contribution in [-0.4, -0.2) is 335 Å². The van der Waals surface area contributed by atoms with E-state index in [0.29, 0.717) is 109 Å². The van der Waals surface area contributed by atoms with E-state index in [2.05, 4.69) is 19.2 Å². The predicted molar refractivity (Wildman–Crippen MR) is 400 cm³/mol. The van der Waals surface area contributed by atoms with Crippen molar-refractivity contribution in [2.45, 2.75) is 230 Å². The molecule has 0 aromatic heterocycles. The Hall–Kier alpha value is -0.970. The van der Waals surface area contributed by atoms with Gasteiger partial charge in [-0.05, 0) is 83.0 Å². The van der Waals surface area contributed by atoms with Gasteiger partial charge in [0.15, 0.2) is 18.9 Å². The van der Waals surface area contributed by atoms with Crippen molar-refractivity contribution in [2.24, 2.45) is 29.1 Å². The topological polar surface area (TPSA) is 565 Å². The summed E-state index contributed by atoms with van der Waals surface area (Å²) in [6, 6.07) is -1.10. The normalized spacial score (nSPS) is 27.3. The molecular weight excluding hydrogens is 1590 g/mol. The van der Waals surface area contributed by atoms with Crippen LogP contribution in [0.2, 0.25) is 0 Å². The molecule has 3 aliphatic heterocycles. The minimum Gasteiger partial charge on any atom is -0.396 e. The van der Waals surface area contributed by atoms with Gasteiger partial charge in [0.05, 0.1) is 130 Å². The number of phosphoric acid groups is 4. The van der Waals surface area contributed by atoms with Gasteiger partial charge in [-0.1, -0.05) is 66.2 Å². The number of hydrogen-bond donors (Lipinski definition) is 15. The molecule has 0 saturated carbocycles. The molecule has 0 spiro atoms. The number of amides is 1. The molecule has 11 unspecified atom stereocenters. The van der Waals surface area contributed by atoms with Gasteiger partial charge in [-0.15, -0.1) is 0 Å². The Kier molecular flexibility index (Phi) is 56.9. The van der Waals surface area contributed by atoms with E-state index in [1.54, 1.807) is 13.8 Å². The predicted octanol–water partition coefficient (Wildman–Crippen LogP) is 3.04. The van der Waals surface area contributed by atoms with E-state index >= 15 is 0 Å². The van der Waals surface area contributed by atoms with Crippen molar-refractivity contribution >= 4 is 37.2 Å². The van der Waals surface area contributed by atoms with Crippen molar-refractivity contribution in [2.75, 3.05) is 178 Å². The highest BCUT2D eigenvalue weighted by molar-refractivity contribution is 7.48. The molecule has 44 heteroatoms. The van der Waals surface area contributed by atoms with Gasteiger partial charge in [0.1, 0.15) is 48.8 Å². The van der Waals surface area contributed by atoms with Crippen molar-refractivity contribution in [3.8, 4) is 0 Å². The van der Waals surface area contributed by atoms with Gasteiger partial charge >= 0.3 is 31.3 Å². The van der Waals surface area contributed by atoms with Crippen LogP contribution in [-0.2, 0) is 116 Å². The van der Waals surface area contributed by atoms with Crippen LogP contribution in [0.3, 0.4) is 0 Å². The van der Waals surface area contributed by atoms with Crippen LogP contribution in [0.25, 0.3) is 0 Å². The average molecular weight is 1730 g/mol. The zero-order chi connectivity index (χ0) is 83.6. The molecular formula is C69H137NO39P4. The van der Waals surface area contributed by atoms with Gasteiger partial charge in [0, 0.05) is 90.7 Å². The number of aliphatic hydroxyl groups excluding tert-OH is 10. The third kappa shape index (κ3) is 46.7. The SMILES string of the molecule is CC(=O)N[C@H]1C(O)[C@@H](O)C(CO)O[C@H]1OCCCCCCOP(=O)(O)OCCCOCC(COCCCOP(=O)(O)OCCCCCCO[C@@H]1OC(CO)[C@H](O)C(O)[C@@H]1C)(COCCCOP(=O)(O)OCCCCCCO[C@@H]1OC(CO)[C@H](O)C(O)[C@@H]1C)COP(=O)(O)OCCCOCC(CO)COCCCOCCC(C)C. The van der Waals surface area contributed by atoms with Crippen molar-refractivity contribution in [1.82, 2.24) is 5.32 Å². The maximum atomic E-state index is 13.6. The second kappa shape index (κ2) is 60.5. The molecule has 1 amide bonds. The van der Waals surface area contributed by atoms with Gasteiger partial charge in [0.25, 0.3) is 0 Å². The van der Waals surface area contributed by atoms with E-state index in [-0.39, 0.29) is 164 Å². The molecule has 15 N–H and O–H groups in total. The van der Waals surface area contributed by atoms with E-state index in [4.69, 9.17) is 93.0 Å². The van der Waals surface area contributed by atoms with Gasteiger partial charge in [0.2, 0.25) is 5.91 Å². The monoisotopic (exact) mass is 1730 g/mol. The maximum Gasteiger partial charge on any atom is 0.472 e. The summed E-state index contributed by atoms with van der Waals surface area (Å²) in [5, 5.41) is 103. The number of carbonyl (C=O) groups excluding carboxylic acids is 1. The minimum atomic E-state index is -4.88. The molecule has 3 rings (SSSR count). The molecule has 113 heavy (non-hydrogen) atoms. The van der Waals surface area contributed by atoms with E-state index in [9.17, 15) is 93.7 Å². The smallest absolute Gasteiger partial charge is 0.396 e. The first-order chi connectivity index (χ1) is 53.8. The minimum absolute atomic E-state index is 0.00836. The Bertz CT molecular complexity index is 2520. The molecule has 672 valence electrons. The zero-order valence-corrected chi connectivity index (χ0v) is 70.0. The largest absolute Gasteiger partial charge is 0.472 e. The highest BCUT2D eigenvalue weighted by Gasteiger charge is 2.47. The first-order valence-electron chi connectivity index (χ1n) is 39.4. The lowest BCUT2D eigenvalue weighted by atomic mass is 9.92. The lowest BCUT2D eigenvalue weighted by molar-refractivity contribution is -0.282. The summed E-state index contributed by atoms with van der Waals surface area (Å²) >= 11 is 0. The van der Waals surface area contributed by atoms with Gasteiger partial charge < -0.3 is 133 Å². The highest BCUT2D eigenvalue weighted by atomic mass is 31.2. The molecule has 3 fully saturated rings. The molecule has 3 saturated heterocycles. The number of carbonyl (C=O) groups is 1. The van der Waals surface area contributed by atoms with Crippen molar-refractivity contribution in [3.63, 3.8) is 0 Å². The van der Waals surface area contributed by atoms with Gasteiger partial charge in [-0.25, -0.2) is 18.3 Å². The van der Waals surface area contributed by atoms with Crippen LogP contribution >= 0.6 is 31.3 Å². The summed E-state index contributed by atoms with van der Waals surface area (Å²) in [7, 11) is -18.5. The van der Waals surface area contributed by atoms with Crippen molar-refractivity contribution < 1.29 is 187 Å². The molecule has 3 aliphatic rings. The van der Waals surface area contributed by atoms with Crippen LogP contribution in [0.5, 0.6) is 0 Å². The Balaban J connectivity index is 1.61. The Morgan fingerprint density at radius 3 is 1.02 bits per heavy atom. The second-order valence-corrected chi connectivity index (χ2v) is 34.6. The van der Waals surface area contributed by atoms with Crippen LogP contribution < -0.4 is 5.32 Å². The van der Waals surface area contributed by atoms with E-state index in [1.165, 1.54) is 6.92 Å². The maximum absolute atomic E-state index is 13.6. The van der Waals surface area contributed by atoms with Crippen LogP contribution in [0, 0.1) is 29.1 Å². The number of rotatable bonds is 72. The molecule has 3 heterocycles. The number of nitrogens with one attached hydrogen (secondary N) is 1. The summed E-state index contributed by atoms with van der Waals surface area (Å²) in [5.41, 5.74) is -1.48. The molecule has 0 aromatic carbocycles.